The summed E-state index contributed by atoms with van der Waals surface area (Å²) < 4.78 is 16.2. The van der Waals surface area contributed by atoms with Gasteiger partial charge in [0.25, 0.3) is 0 Å². The quantitative estimate of drug-likeness (QED) is 0.456. The van der Waals surface area contributed by atoms with E-state index in [1.54, 1.807) is 30.2 Å². The van der Waals surface area contributed by atoms with E-state index in [0.29, 0.717) is 49.8 Å². The zero-order valence-electron chi connectivity index (χ0n) is 17.3. The molecule has 0 saturated heterocycles. The van der Waals surface area contributed by atoms with E-state index in [1.807, 2.05) is 34.6 Å². The van der Waals surface area contributed by atoms with Crippen molar-refractivity contribution in [2.45, 2.75) is 46.6 Å². The van der Waals surface area contributed by atoms with E-state index in [-0.39, 0.29) is 0 Å². The van der Waals surface area contributed by atoms with Crippen molar-refractivity contribution in [3.05, 3.63) is 18.2 Å². The summed E-state index contributed by atoms with van der Waals surface area (Å²) in [5, 5.41) is 0. The zero-order valence-corrected chi connectivity index (χ0v) is 17.3. The molecule has 7 heteroatoms. The summed E-state index contributed by atoms with van der Waals surface area (Å²) in [6.07, 6.45) is 1.02. The molecule has 0 radical (unpaired) electrons. The van der Waals surface area contributed by atoms with Gasteiger partial charge in [0, 0.05) is 32.5 Å². The van der Waals surface area contributed by atoms with Crippen molar-refractivity contribution in [1.29, 1.82) is 0 Å². The normalized spacial score (nSPS) is 11.0. The van der Waals surface area contributed by atoms with Crippen LogP contribution in [0.3, 0.4) is 0 Å². The second-order valence-electron chi connectivity index (χ2n) is 6.95. The van der Waals surface area contributed by atoms with Crippen LogP contribution >= 0.6 is 0 Å². The van der Waals surface area contributed by atoms with Crippen LogP contribution in [0.1, 0.15) is 41.0 Å². The molecule has 0 aromatic heterocycles. The smallest absolute Gasteiger partial charge is 0.414 e. The number of carbonyl (C=O) groups excluding carboxylic acids is 2. The van der Waals surface area contributed by atoms with Gasteiger partial charge in [0.1, 0.15) is 11.4 Å². The number of methoxy groups -OCH3 is 1. The van der Waals surface area contributed by atoms with Gasteiger partial charge in [-0.15, -0.1) is 0 Å². The summed E-state index contributed by atoms with van der Waals surface area (Å²) in [5.74, 6) is 0.589. The Kier molecular flexibility index (Phi) is 9.08. The molecule has 0 aliphatic rings. The molecule has 0 heterocycles. The van der Waals surface area contributed by atoms with Crippen molar-refractivity contribution in [2.24, 2.45) is 0 Å². The van der Waals surface area contributed by atoms with Crippen molar-refractivity contribution in [2.75, 3.05) is 43.2 Å². The predicted octanol–water partition coefficient (Wildman–Crippen LogP) is 3.85. The van der Waals surface area contributed by atoms with E-state index in [9.17, 15) is 9.59 Å². The predicted molar refractivity (Wildman–Crippen MR) is 107 cm³/mol. The van der Waals surface area contributed by atoms with E-state index in [0.717, 1.165) is 6.41 Å². The van der Waals surface area contributed by atoms with Crippen LogP contribution in [0.2, 0.25) is 0 Å². The van der Waals surface area contributed by atoms with Crippen LogP contribution in [0.4, 0.5) is 16.2 Å². The molecule has 27 heavy (non-hydrogen) atoms. The van der Waals surface area contributed by atoms with Crippen molar-refractivity contribution in [3.8, 4) is 5.75 Å². The molecule has 152 valence electrons. The Morgan fingerprint density at radius 1 is 1.22 bits per heavy atom. The van der Waals surface area contributed by atoms with Crippen molar-refractivity contribution >= 4 is 23.9 Å². The summed E-state index contributed by atoms with van der Waals surface area (Å²) in [6, 6.07) is 5.34. The summed E-state index contributed by atoms with van der Waals surface area (Å²) in [7, 11) is 1.62. The Morgan fingerprint density at radius 2 is 1.93 bits per heavy atom. The van der Waals surface area contributed by atoms with Crippen LogP contribution in [-0.4, -0.2) is 51.5 Å². The van der Waals surface area contributed by atoms with Crippen LogP contribution in [0, 0.1) is 0 Å². The average molecular weight is 380 g/mol. The fourth-order valence-electron chi connectivity index (χ4n) is 2.52. The van der Waals surface area contributed by atoms with E-state index in [4.69, 9.17) is 14.2 Å². The Morgan fingerprint density at radius 3 is 2.44 bits per heavy atom. The van der Waals surface area contributed by atoms with E-state index < -0.39 is 11.7 Å². The van der Waals surface area contributed by atoms with Gasteiger partial charge in [-0.1, -0.05) is 0 Å². The highest BCUT2D eigenvalue weighted by molar-refractivity contribution is 5.90. The van der Waals surface area contributed by atoms with Gasteiger partial charge in [-0.05, 0) is 59.2 Å². The first-order valence-electron chi connectivity index (χ1n) is 9.25. The second-order valence-corrected chi connectivity index (χ2v) is 6.95. The van der Waals surface area contributed by atoms with Gasteiger partial charge in [-0.2, -0.15) is 0 Å². The number of ether oxygens (including phenoxy) is 3. The van der Waals surface area contributed by atoms with E-state index in [1.165, 1.54) is 4.90 Å². The number of nitrogens with zero attached hydrogens (tertiary/aromatic N) is 2. The first-order chi connectivity index (χ1) is 12.8. The molecule has 1 aromatic rings. The number of rotatable bonds is 10. The molecule has 7 nitrogen and oxygen atoms in total. The number of hydrogen-bond donors (Lipinski definition) is 0. The minimum absolute atomic E-state index is 0.433. The Labute approximate surface area is 162 Å². The molecular weight excluding hydrogens is 348 g/mol. The molecule has 0 fully saturated rings. The van der Waals surface area contributed by atoms with Crippen LogP contribution in [0.15, 0.2) is 18.2 Å². The van der Waals surface area contributed by atoms with E-state index in [2.05, 4.69) is 0 Å². The number of anilines is 2. The number of benzene rings is 1. The van der Waals surface area contributed by atoms with Crippen LogP contribution in [0.25, 0.3) is 0 Å². The van der Waals surface area contributed by atoms with Gasteiger partial charge in [-0.3, -0.25) is 9.69 Å². The highest BCUT2D eigenvalue weighted by atomic mass is 16.6. The SMILES string of the molecule is CCOc1ccc(N(CC)C(=O)OC(C)(C)C)cc1N(C=O)CCCOC. The molecule has 1 rings (SSSR count). The van der Waals surface area contributed by atoms with Gasteiger partial charge in [-0.25, -0.2) is 4.79 Å². The third kappa shape index (κ3) is 7.09. The molecule has 1 aromatic carbocycles. The number of carbonyl (C=O) groups is 2. The fraction of sp³-hybridized carbons (Fsp3) is 0.600. The molecule has 0 N–H and O–H groups in total. The molecule has 0 unspecified atom stereocenters. The number of hydrogen-bond acceptors (Lipinski definition) is 5. The molecule has 0 bridgehead atoms. The first-order valence-corrected chi connectivity index (χ1v) is 9.25. The third-order valence-electron chi connectivity index (χ3n) is 3.67. The topological polar surface area (TPSA) is 68.3 Å². The molecule has 0 aliphatic carbocycles. The minimum Gasteiger partial charge on any atom is -0.492 e. The first kappa shape index (κ1) is 22.8. The minimum atomic E-state index is -0.590. The van der Waals surface area contributed by atoms with Gasteiger partial charge in [0.2, 0.25) is 6.41 Å². The van der Waals surface area contributed by atoms with Crippen molar-refractivity contribution in [1.82, 2.24) is 0 Å². The van der Waals surface area contributed by atoms with Gasteiger partial charge in [0.15, 0.2) is 0 Å². The lowest BCUT2D eigenvalue weighted by molar-refractivity contribution is -0.107. The maximum atomic E-state index is 12.5. The van der Waals surface area contributed by atoms with Crippen molar-refractivity contribution in [3.63, 3.8) is 0 Å². The summed E-state index contributed by atoms with van der Waals surface area (Å²) >= 11 is 0. The lowest BCUT2D eigenvalue weighted by Crippen LogP contribution is -2.37. The molecule has 0 spiro atoms. The maximum Gasteiger partial charge on any atom is 0.414 e. The Bertz CT molecular complexity index is 613. The summed E-state index contributed by atoms with van der Waals surface area (Å²) in [6.45, 7) is 11.2. The highest BCUT2D eigenvalue weighted by Crippen LogP contribution is 2.33. The molecule has 0 saturated carbocycles. The maximum absolute atomic E-state index is 12.5. The standard InChI is InChI=1S/C20H32N2O5/c1-7-22(19(24)27-20(3,4)5)16-10-11-18(26-8-2)17(14-16)21(15-23)12-9-13-25-6/h10-11,14-15H,7-9,12-13H2,1-6H3. The van der Waals surface area contributed by atoms with Gasteiger partial charge >= 0.3 is 6.09 Å². The van der Waals surface area contributed by atoms with Crippen LogP contribution < -0.4 is 14.5 Å². The van der Waals surface area contributed by atoms with Gasteiger partial charge in [0.05, 0.1) is 12.3 Å². The third-order valence-corrected chi connectivity index (χ3v) is 3.67. The lowest BCUT2D eigenvalue weighted by atomic mass is 10.2. The van der Waals surface area contributed by atoms with E-state index >= 15 is 0 Å². The molecule has 0 aliphatic heterocycles. The lowest BCUT2D eigenvalue weighted by Gasteiger charge is -2.28. The Hall–Kier alpha value is -2.28. The highest BCUT2D eigenvalue weighted by Gasteiger charge is 2.24. The van der Waals surface area contributed by atoms with Crippen molar-refractivity contribution < 1.29 is 23.8 Å². The Balaban J connectivity index is 3.21. The average Bonchev–Trinajstić information content (AvgIpc) is 2.59. The largest absolute Gasteiger partial charge is 0.492 e. The van der Waals surface area contributed by atoms with Crippen LogP contribution in [0.5, 0.6) is 5.75 Å². The summed E-state index contributed by atoms with van der Waals surface area (Å²) in [4.78, 5) is 27.3. The second kappa shape index (κ2) is 10.8. The van der Waals surface area contributed by atoms with Crippen LogP contribution in [-0.2, 0) is 14.3 Å². The molecule has 0 atom stereocenters. The number of amides is 2. The molecule has 2 amide bonds. The monoisotopic (exact) mass is 380 g/mol. The molecular formula is C20H32N2O5. The van der Waals surface area contributed by atoms with Gasteiger partial charge < -0.3 is 19.1 Å². The zero-order chi connectivity index (χ0) is 20.4. The summed E-state index contributed by atoms with van der Waals surface area (Å²) in [5.41, 5.74) is 0.666. The fourth-order valence-corrected chi connectivity index (χ4v) is 2.52.